The molecule has 1 atom stereocenters. The van der Waals surface area contributed by atoms with Crippen molar-refractivity contribution in [3.63, 3.8) is 0 Å². The lowest BCUT2D eigenvalue weighted by Crippen LogP contribution is -2.29. The smallest absolute Gasteiger partial charge is 0.339 e. The summed E-state index contributed by atoms with van der Waals surface area (Å²) in [5, 5.41) is 0.826. The average Bonchev–Trinajstić information content (AvgIpc) is 2.76. The Morgan fingerprint density at radius 1 is 1.32 bits per heavy atom. The number of ether oxygens (including phenoxy) is 2. The SMILES string of the molecule is C[C@H]1COCCN(c2ccc3nccc(C(=O)OC(C)(C)C)c3c2)C1. The number of hydrogen-bond acceptors (Lipinski definition) is 5. The number of carbonyl (C=O) groups excluding carboxylic acids is 1. The number of benzene rings is 1. The normalized spacial score (nSPS) is 18.9. The lowest BCUT2D eigenvalue weighted by molar-refractivity contribution is 0.00718. The zero-order chi connectivity index (χ0) is 18.0. The zero-order valence-corrected chi connectivity index (χ0v) is 15.4. The van der Waals surface area contributed by atoms with Crippen molar-refractivity contribution in [2.24, 2.45) is 5.92 Å². The minimum absolute atomic E-state index is 0.315. The van der Waals surface area contributed by atoms with Crippen molar-refractivity contribution in [2.75, 3.05) is 31.2 Å². The number of pyridine rings is 1. The molecule has 1 aliphatic heterocycles. The number of nitrogens with zero attached hydrogens (tertiary/aromatic N) is 2. The lowest BCUT2D eigenvalue weighted by Gasteiger charge is -2.25. The molecule has 1 fully saturated rings. The molecule has 0 radical (unpaired) electrons. The summed E-state index contributed by atoms with van der Waals surface area (Å²) in [6.45, 7) is 11.1. The Hall–Kier alpha value is -2.14. The fraction of sp³-hybridized carbons (Fsp3) is 0.500. The molecule has 0 unspecified atom stereocenters. The topological polar surface area (TPSA) is 51.7 Å². The summed E-state index contributed by atoms with van der Waals surface area (Å²) in [5.74, 6) is 0.155. The van der Waals surface area contributed by atoms with Crippen LogP contribution in [-0.4, -0.2) is 42.9 Å². The van der Waals surface area contributed by atoms with E-state index in [1.165, 1.54) is 0 Å². The van der Waals surface area contributed by atoms with Crippen LogP contribution >= 0.6 is 0 Å². The van der Waals surface area contributed by atoms with Crippen LogP contribution in [0.2, 0.25) is 0 Å². The predicted octanol–water partition coefficient (Wildman–Crippen LogP) is 3.66. The van der Waals surface area contributed by atoms with Crippen molar-refractivity contribution in [1.82, 2.24) is 4.98 Å². The van der Waals surface area contributed by atoms with Gasteiger partial charge in [0.25, 0.3) is 0 Å². The molecule has 0 spiro atoms. The summed E-state index contributed by atoms with van der Waals surface area (Å²) in [6, 6.07) is 7.80. The molecule has 3 rings (SSSR count). The van der Waals surface area contributed by atoms with Gasteiger partial charge >= 0.3 is 5.97 Å². The molecule has 0 aliphatic carbocycles. The fourth-order valence-electron chi connectivity index (χ4n) is 3.06. The van der Waals surface area contributed by atoms with E-state index in [1.807, 2.05) is 32.9 Å². The van der Waals surface area contributed by atoms with Crippen LogP contribution in [0.25, 0.3) is 10.9 Å². The first-order valence-electron chi connectivity index (χ1n) is 8.78. The quantitative estimate of drug-likeness (QED) is 0.780. The van der Waals surface area contributed by atoms with Crippen LogP contribution in [-0.2, 0) is 9.47 Å². The minimum Gasteiger partial charge on any atom is -0.456 e. The van der Waals surface area contributed by atoms with Crippen molar-refractivity contribution in [1.29, 1.82) is 0 Å². The van der Waals surface area contributed by atoms with Crippen molar-refractivity contribution in [3.8, 4) is 0 Å². The summed E-state index contributed by atoms with van der Waals surface area (Å²) in [4.78, 5) is 19.3. The molecular weight excluding hydrogens is 316 g/mol. The van der Waals surface area contributed by atoms with Crippen LogP contribution in [0.3, 0.4) is 0 Å². The maximum Gasteiger partial charge on any atom is 0.339 e. The van der Waals surface area contributed by atoms with E-state index < -0.39 is 5.60 Å². The van der Waals surface area contributed by atoms with E-state index in [4.69, 9.17) is 9.47 Å². The molecule has 1 saturated heterocycles. The van der Waals surface area contributed by atoms with Crippen molar-refractivity contribution >= 4 is 22.6 Å². The van der Waals surface area contributed by atoms with E-state index in [1.54, 1.807) is 12.3 Å². The van der Waals surface area contributed by atoms with Gasteiger partial charge in [-0.15, -0.1) is 0 Å². The maximum atomic E-state index is 12.6. The van der Waals surface area contributed by atoms with Gasteiger partial charge < -0.3 is 14.4 Å². The lowest BCUT2D eigenvalue weighted by atomic mass is 10.1. The third-order valence-electron chi connectivity index (χ3n) is 4.15. The van der Waals surface area contributed by atoms with Gasteiger partial charge in [0.15, 0.2) is 0 Å². The molecular formula is C20H26N2O3. The van der Waals surface area contributed by atoms with Crippen LogP contribution in [0, 0.1) is 5.92 Å². The number of fused-ring (bicyclic) bond motifs is 1. The monoisotopic (exact) mass is 342 g/mol. The molecule has 0 N–H and O–H groups in total. The van der Waals surface area contributed by atoms with Gasteiger partial charge in [-0.05, 0) is 51.0 Å². The summed E-state index contributed by atoms with van der Waals surface area (Å²) in [7, 11) is 0. The second-order valence-electron chi connectivity index (χ2n) is 7.69. The number of aromatic nitrogens is 1. The van der Waals surface area contributed by atoms with Crippen molar-refractivity contribution in [3.05, 3.63) is 36.0 Å². The fourth-order valence-corrected chi connectivity index (χ4v) is 3.06. The highest BCUT2D eigenvalue weighted by molar-refractivity contribution is 6.04. The van der Waals surface area contributed by atoms with Gasteiger partial charge in [0, 0.05) is 30.4 Å². The van der Waals surface area contributed by atoms with Crippen LogP contribution in [0.15, 0.2) is 30.5 Å². The number of hydrogen-bond donors (Lipinski definition) is 0. The summed E-state index contributed by atoms with van der Waals surface area (Å²) in [6.07, 6.45) is 1.66. The molecule has 25 heavy (non-hydrogen) atoms. The number of rotatable bonds is 2. The third-order valence-corrected chi connectivity index (χ3v) is 4.15. The van der Waals surface area contributed by atoms with Crippen molar-refractivity contribution in [2.45, 2.75) is 33.3 Å². The number of esters is 1. The largest absolute Gasteiger partial charge is 0.456 e. The summed E-state index contributed by atoms with van der Waals surface area (Å²) < 4.78 is 11.2. The first-order valence-corrected chi connectivity index (χ1v) is 8.78. The van der Waals surface area contributed by atoms with Gasteiger partial charge in [-0.1, -0.05) is 6.92 Å². The minimum atomic E-state index is -0.526. The Labute approximate surface area is 148 Å². The molecule has 0 saturated carbocycles. The molecule has 0 bridgehead atoms. The Balaban J connectivity index is 1.98. The average molecular weight is 342 g/mol. The Morgan fingerprint density at radius 2 is 2.12 bits per heavy atom. The predicted molar refractivity (Wildman–Crippen MR) is 99.1 cm³/mol. The Kier molecular flexibility index (Phi) is 4.95. The molecule has 0 amide bonds. The van der Waals surface area contributed by atoms with Gasteiger partial charge in [-0.2, -0.15) is 0 Å². The van der Waals surface area contributed by atoms with E-state index in [2.05, 4.69) is 22.9 Å². The van der Waals surface area contributed by atoms with Crippen molar-refractivity contribution < 1.29 is 14.3 Å². The van der Waals surface area contributed by atoms with E-state index in [0.29, 0.717) is 18.1 Å². The number of carbonyl (C=O) groups is 1. The molecule has 1 aliphatic rings. The highest BCUT2D eigenvalue weighted by Gasteiger charge is 2.21. The van der Waals surface area contributed by atoms with E-state index >= 15 is 0 Å². The molecule has 134 valence electrons. The Morgan fingerprint density at radius 3 is 2.88 bits per heavy atom. The van der Waals surface area contributed by atoms with Gasteiger partial charge in [0.05, 0.1) is 24.3 Å². The first kappa shape index (κ1) is 17.7. The molecule has 1 aromatic heterocycles. The van der Waals surface area contributed by atoms with Gasteiger partial charge in [0.1, 0.15) is 5.60 Å². The maximum absolute atomic E-state index is 12.6. The Bertz CT molecular complexity index is 767. The van der Waals surface area contributed by atoms with E-state index in [0.717, 1.165) is 36.3 Å². The molecule has 1 aromatic carbocycles. The summed E-state index contributed by atoms with van der Waals surface area (Å²) in [5.41, 5.74) is 1.91. The van der Waals surface area contributed by atoms with Crippen LogP contribution in [0.1, 0.15) is 38.1 Å². The van der Waals surface area contributed by atoms with Gasteiger partial charge in [0.2, 0.25) is 0 Å². The summed E-state index contributed by atoms with van der Waals surface area (Å²) >= 11 is 0. The second kappa shape index (κ2) is 7.00. The van der Waals surface area contributed by atoms with Crippen LogP contribution < -0.4 is 4.90 Å². The van der Waals surface area contributed by atoms with Gasteiger partial charge in [-0.25, -0.2) is 4.79 Å². The molecule has 5 heteroatoms. The van der Waals surface area contributed by atoms with E-state index in [9.17, 15) is 4.79 Å². The van der Waals surface area contributed by atoms with Crippen LogP contribution in [0.5, 0.6) is 0 Å². The van der Waals surface area contributed by atoms with E-state index in [-0.39, 0.29) is 5.97 Å². The van der Waals surface area contributed by atoms with Gasteiger partial charge in [-0.3, -0.25) is 4.98 Å². The molecule has 2 heterocycles. The standard InChI is InChI=1S/C20H26N2O3/c1-14-12-22(9-10-24-13-14)15-5-6-18-17(11-15)16(7-8-21-18)19(23)25-20(2,3)4/h5-8,11,14H,9-10,12-13H2,1-4H3/t14-/m1/s1. The first-order chi connectivity index (χ1) is 11.8. The zero-order valence-electron chi connectivity index (χ0n) is 15.4. The molecule has 2 aromatic rings. The highest BCUT2D eigenvalue weighted by Crippen LogP contribution is 2.26. The van der Waals surface area contributed by atoms with Crippen LogP contribution in [0.4, 0.5) is 5.69 Å². The third kappa shape index (κ3) is 4.28. The second-order valence-corrected chi connectivity index (χ2v) is 7.69. The number of anilines is 1. The molecule has 5 nitrogen and oxygen atoms in total. The highest BCUT2D eigenvalue weighted by atomic mass is 16.6.